The van der Waals surface area contributed by atoms with Crippen molar-refractivity contribution in [3.05, 3.63) is 47.8 Å². The summed E-state index contributed by atoms with van der Waals surface area (Å²) in [6.45, 7) is 5.36. The molecule has 4 rings (SSSR count). The summed E-state index contributed by atoms with van der Waals surface area (Å²) in [4.78, 5) is 23.8. The number of hydrogen-bond acceptors (Lipinski definition) is 7. The van der Waals surface area contributed by atoms with Gasteiger partial charge in [0.2, 0.25) is 0 Å². The molecule has 1 aliphatic rings. The second kappa shape index (κ2) is 8.29. The summed E-state index contributed by atoms with van der Waals surface area (Å²) in [5.74, 6) is 0.0436. The van der Waals surface area contributed by atoms with Gasteiger partial charge in [-0.1, -0.05) is 17.4 Å². The molecule has 0 saturated carbocycles. The Morgan fingerprint density at radius 3 is 2.70 bits per heavy atom. The van der Waals surface area contributed by atoms with Gasteiger partial charge >= 0.3 is 0 Å². The molecule has 30 heavy (non-hydrogen) atoms. The van der Waals surface area contributed by atoms with Crippen LogP contribution in [0.4, 0.5) is 10.8 Å². The number of aromatic nitrogens is 2. The van der Waals surface area contributed by atoms with Crippen molar-refractivity contribution >= 4 is 38.3 Å². The number of thiazole rings is 1. The predicted octanol–water partition coefficient (Wildman–Crippen LogP) is 3.38. The number of amides is 1. The first kappa shape index (κ1) is 20.7. The van der Waals surface area contributed by atoms with Gasteiger partial charge in [-0.15, -0.1) is 0 Å². The molecule has 3 heterocycles. The first-order valence-corrected chi connectivity index (χ1v) is 10.9. The van der Waals surface area contributed by atoms with E-state index in [0.29, 0.717) is 22.9 Å². The standard InChI is InChI=1S/C22H26N4O3S/c1-22(2,29)15-11-18-19(12-17(15)24-20(28)16-5-3-4-8-23-16)30-21(25-18)26-9-6-14(13-27)7-10-26/h3-5,8,11-12,14,27,29H,6-7,9-10,13H2,1-2H3,(H,24,28). The number of aliphatic hydroxyl groups is 2. The van der Waals surface area contributed by atoms with Gasteiger partial charge in [0.25, 0.3) is 5.91 Å². The number of nitrogens with zero attached hydrogens (tertiary/aromatic N) is 3. The second-order valence-electron chi connectivity index (χ2n) is 8.20. The molecule has 3 aromatic rings. The lowest BCUT2D eigenvalue weighted by molar-refractivity contribution is 0.0794. The van der Waals surface area contributed by atoms with Gasteiger partial charge in [-0.3, -0.25) is 9.78 Å². The smallest absolute Gasteiger partial charge is 0.274 e. The highest BCUT2D eigenvalue weighted by Crippen LogP contribution is 2.37. The fourth-order valence-electron chi connectivity index (χ4n) is 3.70. The number of pyridine rings is 1. The summed E-state index contributed by atoms with van der Waals surface area (Å²) >= 11 is 1.57. The summed E-state index contributed by atoms with van der Waals surface area (Å²) in [5, 5.41) is 23.9. The minimum Gasteiger partial charge on any atom is -0.396 e. The molecular weight excluding hydrogens is 400 g/mol. The largest absolute Gasteiger partial charge is 0.396 e. The van der Waals surface area contributed by atoms with Crippen molar-refractivity contribution in [2.45, 2.75) is 32.3 Å². The minimum atomic E-state index is -1.15. The predicted molar refractivity (Wildman–Crippen MR) is 119 cm³/mol. The molecule has 0 aliphatic carbocycles. The Morgan fingerprint density at radius 1 is 1.30 bits per heavy atom. The van der Waals surface area contributed by atoms with Crippen molar-refractivity contribution in [3.8, 4) is 0 Å². The molecule has 0 radical (unpaired) electrons. The zero-order chi connectivity index (χ0) is 21.3. The molecule has 2 aromatic heterocycles. The first-order chi connectivity index (χ1) is 14.3. The molecule has 7 nitrogen and oxygen atoms in total. The van der Waals surface area contributed by atoms with E-state index in [2.05, 4.69) is 15.2 Å². The molecule has 1 aliphatic heterocycles. The Labute approximate surface area is 179 Å². The zero-order valence-electron chi connectivity index (χ0n) is 17.1. The highest BCUT2D eigenvalue weighted by molar-refractivity contribution is 7.22. The number of carbonyl (C=O) groups excluding carboxylic acids is 1. The van der Waals surface area contributed by atoms with Crippen molar-refractivity contribution in [3.63, 3.8) is 0 Å². The number of benzene rings is 1. The number of anilines is 2. The van der Waals surface area contributed by atoms with E-state index in [4.69, 9.17) is 4.98 Å². The average Bonchev–Trinajstić information content (AvgIpc) is 3.16. The van der Waals surface area contributed by atoms with Gasteiger partial charge in [-0.05, 0) is 56.9 Å². The number of fused-ring (bicyclic) bond motifs is 1. The third-order valence-electron chi connectivity index (χ3n) is 5.46. The lowest BCUT2D eigenvalue weighted by atomic mass is 9.96. The molecule has 8 heteroatoms. The van der Waals surface area contributed by atoms with E-state index >= 15 is 0 Å². The van der Waals surface area contributed by atoms with Gasteiger partial charge in [0, 0.05) is 37.1 Å². The number of aliphatic hydroxyl groups excluding tert-OH is 1. The fourth-order valence-corrected chi connectivity index (χ4v) is 4.74. The van der Waals surface area contributed by atoms with Crippen LogP contribution in [-0.2, 0) is 5.60 Å². The third kappa shape index (κ3) is 4.30. The molecule has 0 bridgehead atoms. The van der Waals surface area contributed by atoms with Gasteiger partial charge in [0.15, 0.2) is 5.13 Å². The maximum Gasteiger partial charge on any atom is 0.274 e. The van der Waals surface area contributed by atoms with E-state index in [1.165, 1.54) is 0 Å². The molecular formula is C22H26N4O3S. The molecule has 0 spiro atoms. The van der Waals surface area contributed by atoms with Crippen LogP contribution in [0.2, 0.25) is 0 Å². The van der Waals surface area contributed by atoms with Crippen LogP contribution in [0.25, 0.3) is 10.2 Å². The Hall–Kier alpha value is -2.55. The van der Waals surface area contributed by atoms with Crippen LogP contribution in [0.15, 0.2) is 36.5 Å². The van der Waals surface area contributed by atoms with E-state index in [1.54, 1.807) is 49.6 Å². The maximum atomic E-state index is 12.6. The summed E-state index contributed by atoms with van der Waals surface area (Å²) < 4.78 is 0.943. The summed E-state index contributed by atoms with van der Waals surface area (Å²) in [6.07, 6.45) is 3.48. The van der Waals surface area contributed by atoms with Crippen LogP contribution < -0.4 is 10.2 Å². The summed E-state index contributed by atoms with van der Waals surface area (Å²) in [5.41, 5.74) is 1.13. The van der Waals surface area contributed by atoms with Crippen molar-refractivity contribution in [2.75, 3.05) is 29.9 Å². The van der Waals surface area contributed by atoms with Crippen LogP contribution in [0.3, 0.4) is 0 Å². The van der Waals surface area contributed by atoms with Gasteiger partial charge < -0.3 is 20.4 Å². The molecule has 1 aromatic carbocycles. The highest BCUT2D eigenvalue weighted by atomic mass is 32.1. The van der Waals surface area contributed by atoms with Crippen molar-refractivity contribution in [1.29, 1.82) is 0 Å². The monoisotopic (exact) mass is 426 g/mol. The number of carbonyl (C=O) groups is 1. The number of hydrogen-bond donors (Lipinski definition) is 3. The van der Waals surface area contributed by atoms with Crippen LogP contribution in [0.5, 0.6) is 0 Å². The number of nitrogens with one attached hydrogen (secondary N) is 1. The quantitative estimate of drug-likeness (QED) is 0.579. The maximum absolute atomic E-state index is 12.6. The zero-order valence-corrected chi connectivity index (χ0v) is 17.9. The normalized spacial score (nSPS) is 15.5. The highest BCUT2D eigenvalue weighted by Gasteiger charge is 2.25. The summed E-state index contributed by atoms with van der Waals surface area (Å²) in [7, 11) is 0. The SMILES string of the molecule is CC(C)(O)c1cc2nc(N3CCC(CO)CC3)sc2cc1NC(=O)c1ccccn1. The molecule has 158 valence electrons. The molecule has 0 atom stereocenters. The average molecular weight is 427 g/mol. The van der Waals surface area contributed by atoms with Crippen LogP contribution in [-0.4, -0.2) is 45.8 Å². The Morgan fingerprint density at radius 2 is 2.07 bits per heavy atom. The molecule has 3 N–H and O–H groups in total. The number of piperidine rings is 1. The van der Waals surface area contributed by atoms with E-state index in [-0.39, 0.29) is 12.5 Å². The van der Waals surface area contributed by atoms with Gasteiger partial charge in [-0.2, -0.15) is 0 Å². The van der Waals surface area contributed by atoms with Gasteiger partial charge in [0.05, 0.1) is 15.8 Å². The Kier molecular flexibility index (Phi) is 5.73. The van der Waals surface area contributed by atoms with Crippen LogP contribution in [0.1, 0.15) is 42.7 Å². The lowest BCUT2D eigenvalue weighted by Gasteiger charge is -2.30. The first-order valence-electron chi connectivity index (χ1n) is 10.1. The molecule has 1 fully saturated rings. The van der Waals surface area contributed by atoms with Gasteiger partial charge in [0.1, 0.15) is 5.69 Å². The van der Waals surface area contributed by atoms with E-state index in [1.807, 2.05) is 12.1 Å². The van der Waals surface area contributed by atoms with Gasteiger partial charge in [-0.25, -0.2) is 4.98 Å². The molecule has 1 amide bonds. The molecule has 0 unspecified atom stereocenters. The van der Waals surface area contributed by atoms with Crippen LogP contribution in [0, 0.1) is 5.92 Å². The topological polar surface area (TPSA) is 98.6 Å². The minimum absolute atomic E-state index is 0.238. The van der Waals surface area contributed by atoms with E-state index in [0.717, 1.165) is 41.3 Å². The Balaban J connectivity index is 1.66. The van der Waals surface area contributed by atoms with E-state index < -0.39 is 5.60 Å². The second-order valence-corrected chi connectivity index (χ2v) is 9.21. The van der Waals surface area contributed by atoms with Crippen LogP contribution >= 0.6 is 11.3 Å². The number of rotatable bonds is 5. The molecule has 1 saturated heterocycles. The van der Waals surface area contributed by atoms with E-state index in [9.17, 15) is 15.0 Å². The summed E-state index contributed by atoms with van der Waals surface area (Å²) in [6, 6.07) is 8.90. The fraction of sp³-hybridized carbons (Fsp3) is 0.409. The van der Waals surface area contributed by atoms with Crippen molar-refractivity contribution < 1.29 is 15.0 Å². The lowest BCUT2D eigenvalue weighted by Crippen LogP contribution is -2.34. The van der Waals surface area contributed by atoms with Crippen molar-refractivity contribution in [1.82, 2.24) is 9.97 Å². The Bertz CT molecular complexity index is 1040. The third-order valence-corrected chi connectivity index (χ3v) is 6.54. The van der Waals surface area contributed by atoms with Crippen molar-refractivity contribution in [2.24, 2.45) is 5.92 Å².